The average molecular weight is 219 g/mol. The largest absolute Gasteiger partial charge is 0.459 e. The van der Waals surface area contributed by atoms with Crippen LogP contribution in [0, 0.1) is 23.0 Å². The minimum absolute atomic E-state index is 0.161. The van der Waals surface area contributed by atoms with Crippen molar-refractivity contribution in [2.75, 3.05) is 0 Å². The molecule has 0 amide bonds. The molecule has 0 unspecified atom stereocenters. The van der Waals surface area contributed by atoms with Crippen molar-refractivity contribution in [3.63, 3.8) is 0 Å². The van der Waals surface area contributed by atoms with Crippen molar-refractivity contribution in [3.8, 4) is 6.07 Å². The van der Waals surface area contributed by atoms with E-state index in [1.165, 1.54) is 6.07 Å². The standard InChI is InChI=1S/C12H7F2NO/c13-7-3-9(14)8-5-11(16-10(8)4-7)12(6-15)1-2-12/h3-5H,1-2H2. The van der Waals surface area contributed by atoms with Crippen molar-refractivity contribution in [2.24, 2.45) is 0 Å². The summed E-state index contributed by atoms with van der Waals surface area (Å²) in [5, 5.41) is 9.22. The summed E-state index contributed by atoms with van der Waals surface area (Å²) >= 11 is 0. The van der Waals surface area contributed by atoms with E-state index in [1.54, 1.807) is 0 Å². The molecular weight excluding hydrogens is 212 g/mol. The van der Waals surface area contributed by atoms with Gasteiger partial charge in [-0.1, -0.05) is 0 Å². The lowest BCUT2D eigenvalue weighted by molar-refractivity contribution is 0.518. The van der Waals surface area contributed by atoms with Crippen molar-refractivity contribution in [3.05, 3.63) is 35.6 Å². The monoisotopic (exact) mass is 219 g/mol. The first-order chi connectivity index (χ1) is 7.64. The van der Waals surface area contributed by atoms with Crippen molar-refractivity contribution in [1.29, 1.82) is 5.26 Å². The molecule has 0 radical (unpaired) electrons. The second-order valence-corrected chi connectivity index (χ2v) is 4.10. The minimum Gasteiger partial charge on any atom is -0.459 e. The minimum atomic E-state index is -0.673. The highest BCUT2D eigenvalue weighted by Gasteiger charge is 2.48. The maximum atomic E-state index is 13.4. The molecule has 1 heterocycles. The van der Waals surface area contributed by atoms with Crippen LogP contribution in [-0.4, -0.2) is 0 Å². The molecule has 0 saturated heterocycles. The fourth-order valence-corrected chi connectivity index (χ4v) is 1.84. The van der Waals surface area contributed by atoms with Gasteiger partial charge in [-0.2, -0.15) is 5.26 Å². The molecule has 0 aliphatic heterocycles. The van der Waals surface area contributed by atoms with Crippen molar-refractivity contribution >= 4 is 11.0 Å². The summed E-state index contributed by atoms with van der Waals surface area (Å²) in [7, 11) is 0. The predicted molar refractivity (Wildman–Crippen MR) is 52.7 cm³/mol. The van der Waals surface area contributed by atoms with Crippen LogP contribution in [0.4, 0.5) is 8.78 Å². The molecule has 0 bridgehead atoms. The van der Waals surface area contributed by atoms with E-state index in [4.69, 9.17) is 9.68 Å². The number of furan rings is 1. The lowest BCUT2D eigenvalue weighted by Gasteiger charge is -1.97. The molecule has 1 aliphatic rings. The average Bonchev–Trinajstić information content (AvgIpc) is 2.93. The van der Waals surface area contributed by atoms with Crippen LogP contribution in [0.15, 0.2) is 22.6 Å². The third kappa shape index (κ3) is 1.15. The van der Waals surface area contributed by atoms with Gasteiger partial charge in [0.25, 0.3) is 0 Å². The van der Waals surface area contributed by atoms with Crippen molar-refractivity contribution in [1.82, 2.24) is 0 Å². The van der Waals surface area contributed by atoms with E-state index in [2.05, 4.69) is 6.07 Å². The van der Waals surface area contributed by atoms with Crippen LogP contribution in [0.3, 0.4) is 0 Å². The molecule has 0 atom stereocenters. The van der Waals surface area contributed by atoms with Gasteiger partial charge in [0.2, 0.25) is 0 Å². The van der Waals surface area contributed by atoms with Gasteiger partial charge < -0.3 is 4.42 Å². The number of rotatable bonds is 1. The fourth-order valence-electron chi connectivity index (χ4n) is 1.84. The van der Waals surface area contributed by atoms with Gasteiger partial charge in [-0.05, 0) is 18.9 Å². The van der Waals surface area contributed by atoms with E-state index in [9.17, 15) is 8.78 Å². The van der Waals surface area contributed by atoms with Crippen LogP contribution in [0.25, 0.3) is 11.0 Å². The van der Waals surface area contributed by atoms with Crippen LogP contribution in [0.5, 0.6) is 0 Å². The number of fused-ring (bicyclic) bond motifs is 1. The number of hydrogen-bond donors (Lipinski definition) is 0. The van der Waals surface area contributed by atoms with Crippen LogP contribution in [0.1, 0.15) is 18.6 Å². The maximum Gasteiger partial charge on any atom is 0.140 e. The van der Waals surface area contributed by atoms with E-state index in [-0.39, 0.29) is 11.0 Å². The van der Waals surface area contributed by atoms with Gasteiger partial charge >= 0.3 is 0 Å². The first-order valence-corrected chi connectivity index (χ1v) is 4.95. The van der Waals surface area contributed by atoms with Crippen LogP contribution < -0.4 is 0 Å². The second kappa shape index (κ2) is 2.82. The fraction of sp³-hybridized carbons (Fsp3) is 0.250. The first-order valence-electron chi connectivity index (χ1n) is 4.95. The SMILES string of the molecule is N#CC1(c2cc3c(F)cc(F)cc3o2)CC1. The Kier molecular flexibility index (Phi) is 1.65. The Hall–Kier alpha value is -1.89. The van der Waals surface area contributed by atoms with Gasteiger partial charge in [0.15, 0.2) is 0 Å². The molecule has 16 heavy (non-hydrogen) atoms. The molecule has 1 aliphatic carbocycles. The van der Waals surface area contributed by atoms with E-state index in [1.807, 2.05) is 0 Å². The third-order valence-electron chi connectivity index (χ3n) is 2.99. The number of benzene rings is 1. The second-order valence-electron chi connectivity index (χ2n) is 4.10. The number of nitriles is 1. The summed E-state index contributed by atoms with van der Waals surface area (Å²) in [5.41, 5.74) is -0.448. The highest BCUT2D eigenvalue weighted by atomic mass is 19.1. The van der Waals surface area contributed by atoms with Gasteiger partial charge in [0.1, 0.15) is 28.4 Å². The number of hydrogen-bond acceptors (Lipinski definition) is 2. The Morgan fingerprint density at radius 2 is 2.00 bits per heavy atom. The summed E-state index contributed by atoms with van der Waals surface area (Å²) in [6.07, 6.45) is 1.43. The molecule has 1 saturated carbocycles. The zero-order valence-corrected chi connectivity index (χ0v) is 8.26. The molecule has 1 fully saturated rings. The molecule has 0 spiro atoms. The van der Waals surface area contributed by atoms with Crippen LogP contribution in [-0.2, 0) is 5.41 Å². The molecule has 4 heteroatoms. The van der Waals surface area contributed by atoms with E-state index in [0.29, 0.717) is 18.6 Å². The zero-order valence-electron chi connectivity index (χ0n) is 8.26. The lowest BCUT2D eigenvalue weighted by atomic mass is 10.1. The number of halogens is 2. The van der Waals surface area contributed by atoms with Crippen molar-refractivity contribution in [2.45, 2.75) is 18.3 Å². The molecule has 1 aromatic heterocycles. The van der Waals surface area contributed by atoms with E-state index >= 15 is 0 Å². The van der Waals surface area contributed by atoms with Gasteiger partial charge in [-0.25, -0.2) is 8.78 Å². The van der Waals surface area contributed by atoms with Gasteiger partial charge in [-0.3, -0.25) is 0 Å². The molecule has 1 aromatic carbocycles. The summed E-state index contributed by atoms with van der Waals surface area (Å²) in [4.78, 5) is 0. The highest BCUT2D eigenvalue weighted by Crippen LogP contribution is 2.49. The third-order valence-corrected chi connectivity index (χ3v) is 2.99. The van der Waals surface area contributed by atoms with Gasteiger partial charge in [-0.15, -0.1) is 0 Å². The summed E-state index contributed by atoms with van der Waals surface area (Å²) in [5.74, 6) is -0.888. The Morgan fingerprint density at radius 3 is 2.62 bits per heavy atom. The molecule has 80 valence electrons. The predicted octanol–water partition coefficient (Wildman–Crippen LogP) is 3.27. The summed E-state index contributed by atoms with van der Waals surface area (Å²) in [6.45, 7) is 0. The quantitative estimate of drug-likeness (QED) is 0.738. The Balaban J connectivity index is 2.25. The lowest BCUT2D eigenvalue weighted by Crippen LogP contribution is -1.99. The normalized spacial score (nSPS) is 17.3. The molecular formula is C12H7F2NO. The molecule has 2 aromatic rings. The van der Waals surface area contributed by atoms with Crippen molar-refractivity contribution < 1.29 is 13.2 Å². The number of nitrogens with zero attached hydrogens (tertiary/aromatic N) is 1. The molecule has 3 rings (SSSR count). The zero-order chi connectivity index (χ0) is 11.3. The Morgan fingerprint density at radius 1 is 1.25 bits per heavy atom. The van der Waals surface area contributed by atoms with Gasteiger partial charge in [0.05, 0.1) is 11.5 Å². The highest BCUT2D eigenvalue weighted by molar-refractivity contribution is 5.79. The Labute approximate surface area is 90.1 Å². The van der Waals surface area contributed by atoms with Gasteiger partial charge in [0, 0.05) is 12.1 Å². The van der Waals surface area contributed by atoms with Crippen LogP contribution >= 0.6 is 0 Å². The molecule has 2 nitrogen and oxygen atoms in total. The van der Waals surface area contributed by atoms with Crippen LogP contribution in [0.2, 0.25) is 0 Å². The molecule has 0 N–H and O–H groups in total. The summed E-state index contributed by atoms with van der Waals surface area (Å²) < 4.78 is 31.7. The summed E-state index contributed by atoms with van der Waals surface area (Å²) in [6, 6.07) is 5.60. The van der Waals surface area contributed by atoms with E-state index in [0.717, 1.165) is 12.1 Å². The van der Waals surface area contributed by atoms with E-state index < -0.39 is 17.0 Å². The smallest absolute Gasteiger partial charge is 0.140 e. The first kappa shape index (κ1) is 9.34. The Bertz CT molecular complexity index is 620. The topological polar surface area (TPSA) is 36.9 Å². The maximum absolute atomic E-state index is 13.4.